The number of carbonyl (C=O) groups excluding carboxylic acids is 1. The van der Waals surface area contributed by atoms with E-state index in [1.165, 1.54) is 43.5 Å². The van der Waals surface area contributed by atoms with E-state index in [9.17, 15) is 13.2 Å². The SMILES string of the molecule is COc1ccc(S(=O)(=O)N(C)CCC(=O)NC2CCC(NC3CCCCC3)CC2)c(C)c1. The van der Waals surface area contributed by atoms with E-state index < -0.39 is 10.0 Å². The number of hydrogen-bond acceptors (Lipinski definition) is 5. The Kier molecular flexibility index (Phi) is 8.96. The molecule has 2 N–H and O–H groups in total. The van der Waals surface area contributed by atoms with Gasteiger partial charge in [-0.15, -0.1) is 0 Å². The number of rotatable bonds is 9. The van der Waals surface area contributed by atoms with Crippen LogP contribution in [0, 0.1) is 6.92 Å². The van der Waals surface area contributed by atoms with E-state index in [0.29, 0.717) is 23.4 Å². The molecule has 1 amide bonds. The second kappa shape index (κ2) is 11.5. The molecule has 0 heterocycles. The summed E-state index contributed by atoms with van der Waals surface area (Å²) in [5.41, 5.74) is 0.624. The number of amides is 1. The fraction of sp³-hybridized carbons (Fsp3) is 0.708. The summed E-state index contributed by atoms with van der Waals surface area (Å²) in [4.78, 5) is 12.7. The summed E-state index contributed by atoms with van der Waals surface area (Å²) in [6.45, 7) is 1.90. The highest BCUT2D eigenvalue weighted by Crippen LogP contribution is 2.25. The van der Waals surface area contributed by atoms with Crippen LogP contribution in [0.5, 0.6) is 5.75 Å². The number of carbonyl (C=O) groups is 1. The van der Waals surface area contributed by atoms with E-state index in [1.807, 2.05) is 0 Å². The molecular formula is C24H39N3O4S. The Labute approximate surface area is 193 Å². The molecule has 0 unspecified atom stereocenters. The normalized spacial score (nSPS) is 22.6. The topological polar surface area (TPSA) is 87.7 Å². The van der Waals surface area contributed by atoms with Gasteiger partial charge in [0.2, 0.25) is 15.9 Å². The fourth-order valence-corrected chi connectivity index (χ4v) is 6.27. The van der Waals surface area contributed by atoms with Gasteiger partial charge in [0.15, 0.2) is 0 Å². The molecule has 180 valence electrons. The maximum atomic E-state index is 12.9. The zero-order valence-electron chi connectivity index (χ0n) is 19.7. The van der Waals surface area contributed by atoms with Crippen molar-refractivity contribution in [2.75, 3.05) is 20.7 Å². The average molecular weight is 466 g/mol. The van der Waals surface area contributed by atoms with Gasteiger partial charge >= 0.3 is 0 Å². The van der Waals surface area contributed by atoms with E-state index in [4.69, 9.17) is 4.74 Å². The molecule has 0 aliphatic heterocycles. The van der Waals surface area contributed by atoms with E-state index >= 15 is 0 Å². The van der Waals surface area contributed by atoms with E-state index in [2.05, 4.69) is 10.6 Å². The number of sulfonamides is 1. The summed E-state index contributed by atoms with van der Waals surface area (Å²) in [6.07, 6.45) is 10.9. The molecule has 0 aromatic heterocycles. The Bertz CT molecular complexity index is 860. The van der Waals surface area contributed by atoms with Gasteiger partial charge in [-0.3, -0.25) is 4.79 Å². The minimum absolute atomic E-state index is 0.0813. The Hall–Kier alpha value is -1.64. The fourth-order valence-electron chi connectivity index (χ4n) is 4.89. The van der Waals surface area contributed by atoms with Crippen LogP contribution in [0.3, 0.4) is 0 Å². The molecule has 1 aromatic carbocycles. The second-order valence-electron chi connectivity index (χ2n) is 9.33. The van der Waals surface area contributed by atoms with Crippen LogP contribution in [0.4, 0.5) is 0 Å². The summed E-state index contributed by atoms with van der Waals surface area (Å²) < 4.78 is 32.2. The molecule has 0 radical (unpaired) electrons. The zero-order valence-corrected chi connectivity index (χ0v) is 20.5. The van der Waals surface area contributed by atoms with Gasteiger partial charge in [-0.2, -0.15) is 0 Å². The van der Waals surface area contributed by atoms with Crippen molar-refractivity contribution in [3.8, 4) is 5.75 Å². The predicted molar refractivity (Wildman–Crippen MR) is 126 cm³/mol. The molecule has 2 fully saturated rings. The Morgan fingerprint density at radius 3 is 2.28 bits per heavy atom. The Morgan fingerprint density at radius 1 is 1.03 bits per heavy atom. The van der Waals surface area contributed by atoms with Crippen LogP contribution in [0.1, 0.15) is 69.8 Å². The van der Waals surface area contributed by atoms with E-state index in [0.717, 1.165) is 25.7 Å². The monoisotopic (exact) mass is 465 g/mol. The van der Waals surface area contributed by atoms with Crippen LogP contribution in [0.15, 0.2) is 23.1 Å². The van der Waals surface area contributed by atoms with Crippen molar-refractivity contribution < 1.29 is 17.9 Å². The summed E-state index contributed by atoms with van der Waals surface area (Å²) in [5, 5.41) is 6.93. The second-order valence-corrected chi connectivity index (χ2v) is 11.3. The summed E-state index contributed by atoms with van der Waals surface area (Å²) >= 11 is 0. The Balaban J connectivity index is 1.41. The number of methoxy groups -OCH3 is 1. The lowest BCUT2D eigenvalue weighted by atomic mass is 9.88. The molecule has 2 aliphatic carbocycles. The third-order valence-electron chi connectivity index (χ3n) is 6.89. The molecule has 32 heavy (non-hydrogen) atoms. The number of aryl methyl sites for hydroxylation is 1. The predicted octanol–water partition coefficient (Wildman–Crippen LogP) is 3.36. The van der Waals surface area contributed by atoms with Crippen LogP contribution in [-0.2, 0) is 14.8 Å². The first-order valence-electron chi connectivity index (χ1n) is 12.0. The van der Waals surface area contributed by atoms with Gasteiger partial charge in [0.25, 0.3) is 0 Å². The molecule has 0 bridgehead atoms. The first-order valence-corrected chi connectivity index (χ1v) is 13.4. The molecule has 1 aromatic rings. The van der Waals surface area contributed by atoms with Crippen molar-refractivity contribution in [2.45, 2.75) is 94.2 Å². The highest BCUT2D eigenvalue weighted by atomic mass is 32.2. The molecule has 3 rings (SSSR count). The molecule has 2 saturated carbocycles. The third kappa shape index (κ3) is 6.68. The highest BCUT2D eigenvalue weighted by molar-refractivity contribution is 7.89. The lowest BCUT2D eigenvalue weighted by Gasteiger charge is -2.34. The quantitative estimate of drug-likeness (QED) is 0.584. The number of nitrogens with zero attached hydrogens (tertiary/aromatic N) is 1. The maximum absolute atomic E-state index is 12.9. The number of nitrogens with one attached hydrogen (secondary N) is 2. The minimum atomic E-state index is -3.66. The van der Waals surface area contributed by atoms with Crippen molar-refractivity contribution >= 4 is 15.9 Å². The molecule has 7 nitrogen and oxygen atoms in total. The summed E-state index contributed by atoms with van der Waals surface area (Å²) in [5.74, 6) is 0.536. The standard InChI is InChI=1S/C24H39N3O4S/c1-18-17-22(31-3)13-14-23(18)32(29,30)27(2)16-15-24(28)26-21-11-9-20(10-12-21)25-19-7-5-4-6-8-19/h13-14,17,19-21,25H,4-12,15-16H2,1-3H3,(H,26,28). The van der Waals surface area contributed by atoms with Crippen molar-refractivity contribution in [1.29, 1.82) is 0 Å². The van der Waals surface area contributed by atoms with Gasteiger partial charge in [0.05, 0.1) is 12.0 Å². The van der Waals surface area contributed by atoms with Crippen molar-refractivity contribution in [3.05, 3.63) is 23.8 Å². The van der Waals surface area contributed by atoms with Gasteiger partial charge in [-0.1, -0.05) is 19.3 Å². The van der Waals surface area contributed by atoms with Crippen molar-refractivity contribution in [3.63, 3.8) is 0 Å². The molecule has 0 saturated heterocycles. The maximum Gasteiger partial charge on any atom is 0.243 e. The van der Waals surface area contributed by atoms with Gasteiger partial charge in [0.1, 0.15) is 5.75 Å². The number of hydrogen-bond donors (Lipinski definition) is 2. The molecule has 0 atom stereocenters. The zero-order chi connectivity index (χ0) is 23.1. The number of benzene rings is 1. The summed E-state index contributed by atoms with van der Waals surface area (Å²) in [6, 6.07) is 6.33. The lowest BCUT2D eigenvalue weighted by molar-refractivity contribution is -0.122. The molecule has 8 heteroatoms. The van der Waals surface area contributed by atoms with Gasteiger partial charge in [-0.05, 0) is 69.2 Å². The lowest BCUT2D eigenvalue weighted by Crippen LogP contribution is -2.46. The molecule has 2 aliphatic rings. The van der Waals surface area contributed by atoms with Crippen molar-refractivity contribution in [2.24, 2.45) is 0 Å². The van der Waals surface area contributed by atoms with E-state index in [-0.39, 0.29) is 29.8 Å². The minimum Gasteiger partial charge on any atom is -0.497 e. The Morgan fingerprint density at radius 2 is 1.66 bits per heavy atom. The first kappa shape index (κ1) is 25.0. The largest absolute Gasteiger partial charge is 0.497 e. The van der Waals surface area contributed by atoms with Crippen LogP contribution in [0.25, 0.3) is 0 Å². The third-order valence-corrected chi connectivity index (χ3v) is 8.91. The summed E-state index contributed by atoms with van der Waals surface area (Å²) in [7, 11) is -0.584. The highest BCUT2D eigenvalue weighted by Gasteiger charge is 2.26. The van der Waals surface area contributed by atoms with Crippen LogP contribution >= 0.6 is 0 Å². The van der Waals surface area contributed by atoms with Gasteiger partial charge in [0, 0.05) is 38.1 Å². The molecular weight excluding hydrogens is 426 g/mol. The van der Waals surface area contributed by atoms with Crippen molar-refractivity contribution in [1.82, 2.24) is 14.9 Å². The average Bonchev–Trinajstić information content (AvgIpc) is 2.79. The smallest absolute Gasteiger partial charge is 0.243 e. The van der Waals surface area contributed by atoms with E-state index in [1.54, 1.807) is 32.2 Å². The van der Waals surface area contributed by atoms with Crippen LogP contribution < -0.4 is 15.4 Å². The van der Waals surface area contributed by atoms with Gasteiger partial charge < -0.3 is 15.4 Å². The van der Waals surface area contributed by atoms with Crippen LogP contribution in [-0.4, -0.2) is 57.5 Å². The van der Waals surface area contributed by atoms with Crippen LogP contribution in [0.2, 0.25) is 0 Å². The first-order chi connectivity index (χ1) is 15.3. The number of ether oxygens (including phenoxy) is 1. The molecule has 0 spiro atoms. The van der Waals surface area contributed by atoms with Gasteiger partial charge in [-0.25, -0.2) is 12.7 Å².